The van der Waals surface area contributed by atoms with Crippen molar-refractivity contribution in [2.24, 2.45) is 5.10 Å². The lowest BCUT2D eigenvalue weighted by Crippen LogP contribution is -2.40. The second-order valence-electron chi connectivity index (χ2n) is 8.15. The Labute approximate surface area is 198 Å². The highest BCUT2D eigenvalue weighted by molar-refractivity contribution is 7.89. The van der Waals surface area contributed by atoms with Crippen LogP contribution in [0, 0.1) is 13.8 Å². The molecule has 1 aliphatic heterocycles. The Kier molecular flexibility index (Phi) is 5.94. The van der Waals surface area contributed by atoms with Gasteiger partial charge in [0.2, 0.25) is 16.0 Å². The zero-order chi connectivity index (χ0) is 23.7. The molecule has 0 saturated carbocycles. The molecule has 0 atom stereocenters. The molecule has 2 aromatic heterocycles. The minimum absolute atomic E-state index is 0.279. The van der Waals surface area contributed by atoms with Crippen LogP contribution in [0.2, 0.25) is 0 Å². The van der Waals surface area contributed by atoms with Gasteiger partial charge in [0.1, 0.15) is 0 Å². The van der Waals surface area contributed by atoms with E-state index in [2.05, 4.69) is 20.5 Å². The van der Waals surface area contributed by atoms with Crippen molar-refractivity contribution in [2.45, 2.75) is 18.7 Å². The van der Waals surface area contributed by atoms with Crippen LogP contribution in [-0.2, 0) is 14.8 Å². The Morgan fingerprint density at radius 3 is 2.68 bits per heavy atom. The van der Waals surface area contributed by atoms with E-state index in [0.29, 0.717) is 32.3 Å². The largest absolute Gasteiger partial charge is 0.379 e. The van der Waals surface area contributed by atoms with E-state index in [1.165, 1.54) is 4.31 Å². The number of nitrogens with one attached hydrogen (secondary N) is 2. The molecule has 4 aromatic rings. The molecule has 1 fully saturated rings. The maximum absolute atomic E-state index is 13.1. The number of fused-ring (bicyclic) bond motifs is 1. The van der Waals surface area contributed by atoms with Gasteiger partial charge >= 0.3 is 0 Å². The van der Waals surface area contributed by atoms with E-state index in [1.807, 2.05) is 54.8 Å². The van der Waals surface area contributed by atoms with E-state index in [0.717, 1.165) is 33.7 Å². The quantitative estimate of drug-likeness (QED) is 0.326. The number of para-hydroxylation sites is 2. The van der Waals surface area contributed by atoms with E-state index in [1.54, 1.807) is 24.4 Å². The number of aromatic nitrogens is 3. The van der Waals surface area contributed by atoms with Crippen molar-refractivity contribution in [1.82, 2.24) is 18.8 Å². The topological polar surface area (TPSA) is 105 Å². The van der Waals surface area contributed by atoms with Gasteiger partial charge < -0.3 is 14.3 Å². The minimum atomic E-state index is -3.57. The number of anilines is 1. The SMILES string of the molecule is Cc1cc(/C=N\Nc2nc3ccccc3[nH]2)c(C)n1-c1cccc(S(=O)(=O)N2CCOCC2)c1. The van der Waals surface area contributed by atoms with E-state index < -0.39 is 10.0 Å². The predicted octanol–water partition coefficient (Wildman–Crippen LogP) is 3.44. The second kappa shape index (κ2) is 9.05. The van der Waals surface area contributed by atoms with Gasteiger partial charge in [-0.05, 0) is 50.2 Å². The Morgan fingerprint density at radius 2 is 1.88 bits per heavy atom. The van der Waals surface area contributed by atoms with Crippen LogP contribution in [0.15, 0.2) is 64.6 Å². The summed E-state index contributed by atoms with van der Waals surface area (Å²) in [4.78, 5) is 7.91. The average molecular weight is 479 g/mol. The fourth-order valence-electron chi connectivity index (χ4n) is 4.20. The number of benzene rings is 2. The molecular formula is C24H26N6O3S. The lowest BCUT2D eigenvalue weighted by molar-refractivity contribution is 0.0730. The number of nitrogens with zero attached hydrogens (tertiary/aromatic N) is 4. The maximum atomic E-state index is 13.1. The normalized spacial score (nSPS) is 15.4. The number of hydrogen-bond donors (Lipinski definition) is 2. The van der Waals surface area contributed by atoms with Gasteiger partial charge in [-0.3, -0.25) is 0 Å². The fraction of sp³-hybridized carbons (Fsp3) is 0.250. The van der Waals surface area contributed by atoms with E-state index in [9.17, 15) is 8.42 Å². The number of aromatic amines is 1. The summed E-state index contributed by atoms with van der Waals surface area (Å²) in [6.45, 7) is 5.54. The first-order chi connectivity index (χ1) is 16.4. The van der Waals surface area contributed by atoms with Crippen LogP contribution >= 0.6 is 0 Å². The first-order valence-corrected chi connectivity index (χ1v) is 12.5. The Balaban J connectivity index is 1.39. The van der Waals surface area contributed by atoms with Crippen LogP contribution in [0.5, 0.6) is 0 Å². The summed E-state index contributed by atoms with van der Waals surface area (Å²) in [6, 6.07) is 16.8. The maximum Gasteiger partial charge on any atom is 0.243 e. The number of hydrazone groups is 1. The minimum Gasteiger partial charge on any atom is -0.379 e. The van der Waals surface area contributed by atoms with Gasteiger partial charge in [-0.15, -0.1) is 0 Å². The molecule has 1 saturated heterocycles. The molecule has 5 rings (SSSR count). The molecule has 2 N–H and O–H groups in total. The number of aryl methyl sites for hydroxylation is 1. The second-order valence-corrected chi connectivity index (χ2v) is 10.1. The summed E-state index contributed by atoms with van der Waals surface area (Å²) in [6.07, 6.45) is 1.74. The van der Waals surface area contributed by atoms with Gasteiger partial charge in [-0.2, -0.15) is 9.41 Å². The lowest BCUT2D eigenvalue weighted by atomic mass is 10.2. The molecule has 10 heteroatoms. The molecule has 0 bridgehead atoms. The third kappa shape index (κ3) is 4.23. The number of ether oxygens (including phenoxy) is 1. The third-order valence-corrected chi connectivity index (χ3v) is 7.81. The predicted molar refractivity (Wildman–Crippen MR) is 132 cm³/mol. The van der Waals surface area contributed by atoms with Crippen LogP contribution in [0.3, 0.4) is 0 Å². The van der Waals surface area contributed by atoms with E-state index >= 15 is 0 Å². The van der Waals surface area contributed by atoms with Gasteiger partial charge in [0.25, 0.3) is 0 Å². The van der Waals surface area contributed by atoms with Crippen LogP contribution in [-0.4, -0.2) is 59.8 Å². The molecule has 34 heavy (non-hydrogen) atoms. The molecule has 0 unspecified atom stereocenters. The number of morpholine rings is 1. The van der Waals surface area contributed by atoms with Crippen molar-refractivity contribution in [2.75, 3.05) is 31.7 Å². The van der Waals surface area contributed by atoms with Gasteiger partial charge in [0.15, 0.2) is 0 Å². The summed E-state index contributed by atoms with van der Waals surface area (Å²) in [5.74, 6) is 0.562. The Hall–Kier alpha value is -3.47. The summed E-state index contributed by atoms with van der Waals surface area (Å²) >= 11 is 0. The Morgan fingerprint density at radius 1 is 1.09 bits per heavy atom. The third-order valence-electron chi connectivity index (χ3n) is 5.92. The smallest absolute Gasteiger partial charge is 0.243 e. The number of sulfonamides is 1. The zero-order valence-electron chi connectivity index (χ0n) is 19.0. The van der Waals surface area contributed by atoms with Gasteiger partial charge in [0.05, 0.1) is 35.4 Å². The van der Waals surface area contributed by atoms with E-state index in [-0.39, 0.29) is 4.90 Å². The Bertz CT molecular complexity index is 1430. The number of rotatable bonds is 6. The highest BCUT2D eigenvalue weighted by atomic mass is 32.2. The molecule has 176 valence electrons. The zero-order valence-corrected chi connectivity index (χ0v) is 19.8. The van der Waals surface area contributed by atoms with Crippen molar-refractivity contribution in [1.29, 1.82) is 0 Å². The number of imidazole rings is 1. The molecule has 0 amide bonds. The summed E-state index contributed by atoms with van der Waals surface area (Å²) in [5, 5.41) is 4.34. The first kappa shape index (κ1) is 22.3. The van der Waals surface area contributed by atoms with Crippen LogP contribution in [0.1, 0.15) is 17.0 Å². The van der Waals surface area contributed by atoms with Crippen LogP contribution in [0.4, 0.5) is 5.95 Å². The lowest BCUT2D eigenvalue weighted by Gasteiger charge is -2.26. The standard InChI is InChI=1S/C24H26N6O3S/c1-17-14-19(16-25-28-24-26-22-8-3-4-9-23(22)27-24)18(2)30(17)20-6-5-7-21(15-20)34(31,32)29-10-12-33-13-11-29/h3-9,14-16H,10-13H2,1-2H3,(H2,26,27,28)/b25-16-. The highest BCUT2D eigenvalue weighted by Gasteiger charge is 2.26. The van der Waals surface area contributed by atoms with Gasteiger partial charge in [0, 0.05) is 35.7 Å². The summed E-state index contributed by atoms with van der Waals surface area (Å²) < 4.78 is 35.0. The van der Waals surface area contributed by atoms with Crippen molar-refractivity contribution in [3.05, 3.63) is 71.5 Å². The summed E-state index contributed by atoms with van der Waals surface area (Å²) in [7, 11) is -3.57. The molecule has 9 nitrogen and oxygen atoms in total. The van der Waals surface area contributed by atoms with Crippen molar-refractivity contribution >= 4 is 33.2 Å². The molecule has 0 aliphatic carbocycles. The molecular weight excluding hydrogens is 452 g/mol. The fourth-order valence-corrected chi connectivity index (χ4v) is 5.65. The van der Waals surface area contributed by atoms with Crippen molar-refractivity contribution < 1.29 is 13.2 Å². The van der Waals surface area contributed by atoms with Gasteiger partial charge in [-0.1, -0.05) is 18.2 Å². The average Bonchev–Trinajstić information content (AvgIpc) is 3.39. The summed E-state index contributed by atoms with van der Waals surface area (Å²) in [5.41, 5.74) is 8.38. The monoisotopic (exact) mass is 478 g/mol. The van der Waals surface area contributed by atoms with Crippen LogP contribution in [0.25, 0.3) is 16.7 Å². The highest BCUT2D eigenvalue weighted by Crippen LogP contribution is 2.24. The molecule has 1 aliphatic rings. The van der Waals surface area contributed by atoms with Crippen molar-refractivity contribution in [3.63, 3.8) is 0 Å². The van der Waals surface area contributed by atoms with E-state index in [4.69, 9.17) is 4.74 Å². The number of H-pyrrole nitrogens is 1. The number of hydrogen-bond acceptors (Lipinski definition) is 6. The van der Waals surface area contributed by atoms with Gasteiger partial charge in [-0.25, -0.2) is 18.8 Å². The van der Waals surface area contributed by atoms with Crippen LogP contribution < -0.4 is 5.43 Å². The molecule has 3 heterocycles. The molecule has 2 aromatic carbocycles. The first-order valence-electron chi connectivity index (χ1n) is 11.0. The molecule has 0 spiro atoms. The van der Waals surface area contributed by atoms with Crippen molar-refractivity contribution in [3.8, 4) is 5.69 Å². The molecule has 0 radical (unpaired) electrons.